The Labute approximate surface area is 118 Å². The van der Waals surface area contributed by atoms with E-state index in [1.165, 1.54) is 15.8 Å². The fraction of sp³-hybridized carbons (Fsp3) is 0.250. The Hall–Kier alpha value is -2.36. The molecule has 4 heteroatoms. The van der Waals surface area contributed by atoms with Gasteiger partial charge in [0.2, 0.25) is 0 Å². The first-order chi connectivity index (χ1) is 9.43. The molecular weight excluding hydrogens is 252 g/mol. The molecular formula is C16H18N2O2. The molecule has 0 bridgehead atoms. The molecule has 0 fully saturated rings. The van der Waals surface area contributed by atoms with Crippen molar-refractivity contribution in [3.05, 3.63) is 53.2 Å². The van der Waals surface area contributed by atoms with Gasteiger partial charge in [-0.2, -0.15) is 5.10 Å². The van der Waals surface area contributed by atoms with Crippen molar-refractivity contribution >= 4 is 5.97 Å². The maximum Gasteiger partial charge on any atom is 0.354 e. The second kappa shape index (κ2) is 5.33. The topological polar surface area (TPSA) is 55.1 Å². The zero-order chi connectivity index (χ0) is 14.9. The summed E-state index contributed by atoms with van der Waals surface area (Å²) in [6.45, 7) is 10.1. The van der Waals surface area contributed by atoms with Gasteiger partial charge < -0.3 is 5.11 Å². The van der Waals surface area contributed by atoms with Gasteiger partial charge in [-0.3, -0.25) is 4.68 Å². The molecule has 20 heavy (non-hydrogen) atoms. The first kappa shape index (κ1) is 14.1. The SMILES string of the molecule is C=CCn1nc(-c2cc(C)c(C)cc2C)cc1C(=O)O. The number of nitrogens with zero attached hydrogens (tertiary/aromatic N) is 2. The Balaban J connectivity index is 2.58. The highest BCUT2D eigenvalue weighted by atomic mass is 16.4. The van der Waals surface area contributed by atoms with E-state index in [9.17, 15) is 9.90 Å². The van der Waals surface area contributed by atoms with Crippen molar-refractivity contribution in [2.75, 3.05) is 0 Å². The van der Waals surface area contributed by atoms with Crippen LogP contribution in [-0.4, -0.2) is 20.9 Å². The van der Waals surface area contributed by atoms with Gasteiger partial charge in [0, 0.05) is 5.56 Å². The minimum atomic E-state index is -0.980. The molecule has 0 amide bonds. The summed E-state index contributed by atoms with van der Waals surface area (Å²) in [6.07, 6.45) is 1.64. The Bertz CT molecular complexity index is 684. The van der Waals surface area contributed by atoms with Gasteiger partial charge in [-0.25, -0.2) is 4.79 Å². The van der Waals surface area contributed by atoms with Crippen molar-refractivity contribution in [3.8, 4) is 11.3 Å². The summed E-state index contributed by atoms with van der Waals surface area (Å²) in [5, 5.41) is 13.6. The first-order valence-corrected chi connectivity index (χ1v) is 6.44. The fourth-order valence-electron chi connectivity index (χ4n) is 2.22. The smallest absolute Gasteiger partial charge is 0.354 e. The maximum atomic E-state index is 11.3. The van der Waals surface area contributed by atoms with Gasteiger partial charge in [0.25, 0.3) is 0 Å². The average Bonchev–Trinajstić information content (AvgIpc) is 2.78. The molecule has 1 N–H and O–H groups in total. The van der Waals surface area contributed by atoms with Crippen LogP contribution in [0.3, 0.4) is 0 Å². The normalized spacial score (nSPS) is 10.6. The van der Waals surface area contributed by atoms with Crippen molar-refractivity contribution in [1.29, 1.82) is 0 Å². The number of aromatic nitrogens is 2. The lowest BCUT2D eigenvalue weighted by molar-refractivity contribution is 0.0684. The third-order valence-corrected chi connectivity index (χ3v) is 3.42. The number of hydrogen-bond donors (Lipinski definition) is 1. The highest BCUT2D eigenvalue weighted by Crippen LogP contribution is 2.26. The highest BCUT2D eigenvalue weighted by Gasteiger charge is 2.16. The Morgan fingerprint density at radius 2 is 1.90 bits per heavy atom. The van der Waals surface area contributed by atoms with Crippen molar-refractivity contribution in [2.45, 2.75) is 27.3 Å². The van der Waals surface area contributed by atoms with Crippen LogP contribution in [0.1, 0.15) is 27.2 Å². The summed E-state index contributed by atoms with van der Waals surface area (Å²) in [5.74, 6) is -0.980. The van der Waals surface area contributed by atoms with E-state index in [-0.39, 0.29) is 5.69 Å². The largest absolute Gasteiger partial charge is 0.477 e. The lowest BCUT2D eigenvalue weighted by atomic mass is 9.99. The standard InChI is InChI=1S/C16H18N2O2/c1-5-6-18-15(16(19)20)9-14(17-18)13-8-11(3)10(2)7-12(13)4/h5,7-9H,1,6H2,2-4H3,(H,19,20). The lowest BCUT2D eigenvalue weighted by Gasteiger charge is -2.07. The lowest BCUT2D eigenvalue weighted by Crippen LogP contribution is -2.08. The highest BCUT2D eigenvalue weighted by molar-refractivity contribution is 5.87. The minimum absolute atomic E-state index is 0.178. The van der Waals surface area contributed by atoms with Crippen LogP contribution in [-0.2, 0) is 6.54 Å². The van der Waals surface area contributed by atoms with Gasteiger partial charge in [0.15, 0.2) is 0 Å². The van der Waals surface area contributed by atoms with Crippen LogP contribution in [0.4, 0.5) is 0 Å². The molecule has 1 aromatic heterocycles. The third kappa shape index (κ3) is 2.50. The number of hydrogen-bond acceptors (Lipinski definition) is 2. The molecule has 1 aromatic carbocycles. The molecule has 0 spiro atoms. The summed E-state index contributed by atoms with van der Waals surface area (Å²) in [7, 11) is 0. The molecule has 0 saturated heterocycles. The number of carbonyl (C=O) groups is 1. The number of aryl methyl sites for hydroxylation is 3. The molecule has 0 saturated carbocycles. The first-order valence-electron chi connectivity index (χ1n) is 6.44. The molecule has 0 aliphatic heterocycles. The zero-order valence-electron chi connectivity index (χ0n) is 12.0. The summed E-state index contributed by atoms with van der Waals surface area (Å²) in [4.78, 5) is 11.3. The van der Waals surface area contributed by atoms with E-state index in [1.807, 2.05) is 13.8 Å². The third-order valence-electron chi connectivity index (χ3n) is 3.42. The van der Waals surface area contributed by atoms with Crippen molar-refractivity contribution in [1.82, 2.24) is 9.78 Å². The Kier molecular flexibility index (Phi) is 3.74. The Morgan fingerprint density at radius 3 is 2.50 bits per heavy atom. The number of benzene rings is 1. The van der Waals surface area contributed by atoms with Gasteiger partial charge in [-0.1, -0.05) is 12.1 Å². The van der Waals surface area contributed by atoms with Crippen LogP contribution >= 0.6 is 0 Å². The van der Waals surface area contributed by atoms with Gasteiger partial charge in [-0.15, -0.1) is 6.58 Å². The molecule has 4 nitrogen and oxygen atoms in total. The fourth-order valence-corrected chi connectivity index (χ4v) is 2.22. The van der Waals surface area contributed by atoms with Crippen molar-refractivity contribution in [2.24, 2.45) is 0 Å². The molecule has 104 valence electrons. The molecule has 0 radical (unpaired) electrons. The van der Waals surface area contributed by atoms with E-state index in [4.69, 9.17) is 0 Å². The van der Waals surface area contributed by atoms with E-state index in [0.717, 1.165) is 11.1 Å². The quantitative estimate of drug-likeness (QED) is 0.867. The van der Waals surface area contributed by atoms with Crippen LogP contribution in [0.15, 0.2) is 30.9 Å². The van der Waals surface area contributed by atoms with Crippen LogP contribution < -0.4 is 0 Å². The van der Waals surface area contributed by atoms with E-state index in [0.29, 0.717) is 12.2 Å². The predicted molar refractivity (Wildman–Crippen MR) is 79.0 cm³/mol. The molecule has 0 aliphatic carbocycles. The number of allylic oxidation sites excluding steroid dienone is 1. The van der Waals surface area contributed by atoms with Gasteiger partial charge in [0.05, 0.1) is 12.2 Å². The number of carboxylic acids is 1. The second-order valence-electron chi connectivity index (χ2n) is 4.94. The number of aromatic carboxylic acids is 1. The second-order valence-corrected chi connectivity index (χ2v) is 4.94. The Morgan fingerprint density at radius 1 is 1.25 bits per heavy atom. The summed E-state index contributed by atoms with van der Waals surface area (Å²) < 4.78 is 1.46. The van der Waals surface area contributed by atoms with Crippen LogP contribution in [0.5, 0.6) is 0 Å². The monoisotopic (exact) mass is 270 g/mol. The molecule has 1 heterocycles. The predicted octanol–water partition coefficient (Wildman–Crippen LogP) is 3.36. The molecule has 2 aromatic rings. The van der Waals surface area contributed by atoms with Crippen molar-refractivity contribution in [3.63, 3.8) is 0 Å². The summed E-state index contributed by atoms with van der Waals surface area (Å²) in [5.41, 5.74) is 5.31. The maximum absolute atomic E-state index is 11.3. The number of rotatable bonds is 4. The molecule has 0 unspecified atom stereocenters. The zero-order valence-corrected chi connectivity index (χ0v) is 12.0. The minimum Gasteiger partial charge on any atom is -0.477 e. The van der Waals surface area contributed by atoms with E-state index in [2.05, 4.69) is 30.7 Å². The molecule has 0 aliphatic rings. The van der Waals surface area contributed by atoms with Gasteiger partial charge >= 0.3 is 5.97 Å². The number of carboxylic acid groups (broad SMARTS) is 1. The molecule has 2 rings (SSSR count). The average molecular weight is 270 g/mol. The summed E-state index contributed by atoms with van der Waals surface area (Å²) >= 11 is 0. The van der Waals surface area contributed by atoms with Crippen LogP contribution in [0.25, 0.3) is 11.3 Å². The van der Waals surface area contributed by atoms with E-state index in [1.54, 1.807) is 12.1 Å². The van der Waals surface area contributed by atoms with Crippen LogP contribution in [0, 0.1) is 20.8 Å². The van der Waals surface area contributed by atoms with E-state index < -0.39 is 5.97 Å². The van der Waals surface area contributed by atoms with Gasteiger partial charge in [0.1, 0.15) is 5.69 Å². The van der Waals surface area contributed by atoms with Gasteiger partial charge in [-0.05, 0) is 49.6 Å². The van der Waals surface area contributed by atoms with Crippen LogP contribution in [0.2, 0.25) is 0 Å². The molecule has 0 atom stereocenters. The summed E-state index contributed by atoms with van der Waals surface area (Å²) in [6, 6.07) is 5.76. The van der Waals surface area contributed by atoms with E-state index >= 15 is 0 Å². The van der Waals surface area contributed by atoms with Crippen molar-refractivity contribution < 1.29 is 9.90 Å².